The van der Waals surface area contributed by atoms with Crippen molar-refractivity contribution >= 4 is 17.0 Å². The van der Waals surface area contributed by atoms with E-state index in [-0.39, 0.29) is 15.9 Å². The number of carbonyl (C=O) groups excluding carboxylic acids is 1. The number of amides is 1. The van der Waals surface area contributed by atoms with Crippen LogP contribution in [-0.4, -0.2) is 10.2 Å². The molecule has 1 aliphatic carbocycles. The van der Waals surface area contributed by atoms with E-state index in [1.165, 1.54) is 17.3 Å². The first-order valence-corrected chi connectivity index (χ1v) is 7.22. The number of aromatic nitrogens is 1. The van der Waals surface area contributed by atoms with Gasteiger partial charge in [-0.25, -0.2) is 0 Å². The molecule has 98 valence electrons. The Bertz CT molecular complexity index is 465. The van der Waals surface area contributed by atoms with Crippen LogP contribution in [0.25, 0.3) is 0 Å². The number of thioether (sulfide) groups is 1. The van der Waals surface area contributed by atoms with Gasteiger partial charge in [-0.1, -0.05) is 38.6 Å². The summed E-state index contributed by atoms with van der Waals surface area (Å²) in [4.78, 5) is 15.9. The Balaban J connectivity index is 2.38. The average molecular weight is 264 g/mol. The van der Waals surface area contributed by atoms with Crippen LogP contribution in [0.1, 0.15) is 55.8 Å². The van der Waals surface area contributed by atoms with Crippen LogP contribution in [0, 0.1) is 0 Å². The molecule has 0 saturated heterocycles. The first kappa shape index (κ1) is 13.4. The second-order valence-corrected chi connectivity index (χ2v) is 7.02. The molecular formula is C14H20N2OS. The number of primary amides is 1. The molecule has 4 heteroatoms. The molecule has 0 spiro atoms. The fourth-order valence-corrected chi connectivity index (χ4v) is 3.16. The fourth-order valence-electron chi connectivity index (χ4n) is 2.28. The highest BCUT2D eigenvalue weighted by atomic mass is 32.2. The van der Waals surface area contributed by atoms with Gasteiger partial charge < -0.3 is 5.73 Å². The third kappa shape index (κ3) is 2.86. The minimum Gasteiger partial charge on any atom is -0.360 e. The number of carbonyl (C=O) groups is 1. The van der Waals surface area contributed by atoms with Gasteiger partial charge in [-0.05, 0) is 30.9 Å². The van der Waals surface area contributed by atoms with E-state index in [2.05, 4.69) is 32.9 Å². The van der Waals surface area contributed by atoms with Crippen LogP contribution in [0.3, 0.4) is 0 Å². The standard InChI is InChI=1S/C14H20N2OS/c1-14(2,3)11-8-7-9-5-4-6-10(12(9)16-11)18-13(15)17/h7-8,10H,4-6H2,1-3H3,(H2,15,17). The third-order valence-corrected chi connectivity index (χ3v) is 4.23. The van der Waals surface area contributed by atoms with Crippen molar-refractivity contribution in [3.63, 3.8) is 0 Å². The molecule has 2 N–H and O–H groups in total. The molecule has 1 heterocycles. The second-order valence-electron chi connectivity index (χ2n) is 5.81. The van der Waals surface area contributed by atoms with Crippen LogP contribution < -0.4 is 5.73 Å². The molecule has 1 atom stereocenters. The van der Waals surface area contributed by atoms with Gasteiger partial charge in [0.1, 0.15) is 0 Å². The Morgan fingerprint density at radius 1 is 1.44 bits per heavy atom. The second kappa shape index (κ2) is 4.92. The number of aryl methyl sites for hydroxylation is 1. The molecule has 0 aromatic carbocycles. The number of nitrogens with two attached hydrogens (primary N) is 1. The van der Waals surface area contributed by atoms with E-state index in [0.29, 0.717) is 0 Å². The van der Waals surface area contributed by atoms with Crippen molar-refractivity contribution in [1.82, 2.24) is 4.98 Å². The molecule has 1 aromatic heterocycles. The lowest BCUT2D eigenvalue weighted by Crippen LogP contribution is -2.19. The molecule has 0 aliphatic heterocycles. The Kier molecular flexibility index (Phi) is 3.66. The van der Waals surface area contributed by atoms with E-state index < -0.39 is 0 Å². The molecule has 1 amide bonds. The number of nitrogens with zero attached hydrogens (tertiary/aromatic N) is 1. The Labute approximate surface area is 113 Å². The number of pyridine rings is 1. The minimum atomic E-state index is -0.309. The highest BCUT2D eigenvalue weighted by molar-refractivity contribution is 8.13. The molecule has 0 saturated carbocycles. The Morgan fingerprint density at radius 3 is 2.78 bits per heavy atom. The molecule has 3 nitrogen and oxygen atoms in total. The zero-order chi connectivity index (χ0) is 13.3. The van der Waals surface area contributed by atoms with E-state index in [1.807, 2.05) is 0 Å². The minimum absolute atomic E-state index is 0.0361. The summed E-state index contributed by atoms with van der Waals surface area (Å²) in [5.41, 5.74) is 8.76. The van der Waals surface area contributed by atoms with E-state index >= 15 is 0 Å². The van der Waals surface area contributed by atoms with Crippen LogP contribution in [-0.2, 0) is 11.8 Å². The molecule has 1 aromatic rings. The SMILES string of the molecule is CC(C)(C)c1ccc2c(n1)C(SC(N)=O)CCC2. The largest absolute Gasteiger partial charge is 0.360 e. The first-order chi connectivity index (χ1) is 8.38. The van der Waals surface area contributed by atoms with Crippen molar-refractivity contribution in [2.24, 2.45) is 5.73 Å². The molecule has 1 unspecified atom stereocenters. The average Bonchev–Trinajstić information content (AvgIpc) is 2.27. The summed E-state index contributed by atoms with van der Waals surface area (Å²) in [5.74, 6) is 0. The van der Waals surface area contributed by atoms with Gasteiger partial charge in [0.2, 0.25) is 0 Å². The maximum Gasteiger partial charge on any atom is 0.277 e. The smallest absolute Gasteiger partial charge is 0.277 e. The molecule has 0 radical (unpaired) electrons. The fraction of sp³-hybridized carbons (Fsp3) is 0.571. The summed E-state index contributed by atoms with van der Waals surface area (Å²) >= 11 is 1.21. The summed E-state index contributed by atoms with van der Waals surface area (Å²) in [6.45, 7) is 6.46. The van der Waals surface area contributed by atoms with Gasteiger partial charge in [0, 0.05) is 11.1 Å². The van der Waals surface area contributed by atoms with Crippen LogP contribution in [0.4, 0.5) is 4.79 Å². The summed E-state index contributed by atoms with van der Waals surface area (Å²) in [7, 11) is 0. The highest BCUT2D eigenvalue weighted by Gasteiger charge is 2.26. The summed E-state index contributed by atoms with van der Waals surface area (Å²) in [6.07, 6.45) is 3.15. The quantitative estimate of drug-likeness (QED) is 0.843. The van der Waals surface area contributed by atoms with E-state index in [4.69, 9.17) is 10.7 Å². The highest BCUT2D eigenvalue weighted by Crippen LogP contribution is 2.39. The van der Waals surface area contributed by atoms with Gasteiger partial charge in [0.25, 0.3) is 5.24 Å². The molecule has 0 fully saturated rings. The Morgan fingerprint density at radius 2 is 2.17 bits per heavy atom. The van der Waals surface area contributed by atoms with Crippen LogP contribution >= 0.6 is 11.8 Å². The molecular weight excluding hydrogens is 244 g/mol. The van der Waals surface area contributed by atoms with Gasteiger partial charge in [-0.3, -0.25) is 9.78 Å². The predicted molar refractivity (Wildman–Crippen MR) is 75.8 cm³/mol. The van der Waals surface area contributed by atoms with Gasteiger partial charge in [0.15, 0.2) is 0 Å². The number of rotatable bonds is 1. The monoisotopic (exact) mass is 264 g/mol. The van der Waals surface area contributed by atoms with E-state index in [9.17, 15) is 4.79 Å². The zero-order valence-corrected chi connectivity index (χ0v) is 12.0. The van der Waals surface area contributed by atoms with Crippen molar-refractivity contribution in [3.05, 3.63) is 29.1 Å². The molecule has 18 heavy (non-hydrogen) atoms. The molecule has 0 bridgehead atoms. The summed E-state index contributed by atoms with van der Waals surface area (Å²) < 4.78 is 0. The number of hydrogen-bond acceptors (Lipinski definition) is 3. The maximum absolute atomic E-state index is 11.1. The maximum atomic E-state index is 11.1. The lowest BCUT2D eigenvalue weighted by Gasteiger charge is -2.26. The predicted octanol–water partition coefficient (Wildman–Crippen LogP) is 3.57. The summed E-state index contributed by atoms with van der Waals surface area (Å²) in [5, 5.41) is -0.177. The molecule has 1 aliphatic rings. The molecule has 2 rings (SSSR count). The van der Waals surface area contributed by atoms with Crippen molar-refractivity contribution in [3.8, 4) is 0 Å². The first-order valence-electron chi connectivity index (χ1n) is 6.34. The van der Waals surface area contributed by atoms with Gasteiger partial charge in [0.05, 0.1) is 10.9 Å². The van der Waals surface area contributed by atoms with Crippen molar-refractivity contribution in [2.45, 2.75) is 50.7 Å². The summed E-state index contributed by atoms with van der Waals surface area (Å²) in [6, 6.07) is 4.27. The van der Waals surface area contributed by atoms with Crippen LogP contribution in [0.15, 0.2) is 12.1 Å². The normalized spacial score (nSPS) is 19.4. The lowest BCUT2D eigenvalue weighted by atomic mass is 9.88. The van der Waals surface area contributed by atoms with Gasteiger partial charge in [-0.15, -0.1) is 0 Å². The number of hydrogen-bond donors (Lipinski definition) is 1. The number of fused-ring (bicyclic) bond motifs is 1. The van der Waals surface area contributed by atoms with Crippen molar-refractivity contribution in [2.75, 3.05) is 0 Å². The van der Waals surface area contributed by atoms with Crippen molar-refractivity contribution in [1.29, 1.82) is 0 Å². The Hall–Kier alpha value is -1.03. The van der Waals surface area contributed by atoms with Gasteiger partial charge >= 0.3 is 0 Å². The van der Waals surface area contributed by atoms with Crippen molar-refractivity contribution < 1.29 is 4.79 Å². The lowest BCUT2D eigenvalue weighted by molar-refractivity contribution is 0.267. The van der Waals surface area contributed by atoms with E-state index in [0.717, 1.165) is 30.7 Å². The van der Waals surface area contributed by atoms with Crippen LogP contribution in [0.5, 0.6) is 0 Å². The topological polar surface area (TPSA) is 56.0 Å². The zero-order valence-electron chi connectivity index (χ0n) is 11.2. The van der Waals surface area contributed by atoms with Crippen LogP contribution in [0.2, 0.25) is 0 Å². The third-order valence-electron chi connectivity index (χ3n) is 3.26. The van der Waals surface area contributed by atoms with Gasteiger partial charge in [-0.2, -0.15) is 0 Å². The van der Waals surface area contributed by atoms with E-state index in [1.54, 1.807) is 0 Å².